The zero-order chi connectivity index (χ0) is 11.9. The maximum atomic E-state index is 2.36. The van der Waals surface area contributed by atoms with E-state index in [4.69, 9.17) is 0 Å². The highest BCUT2D eigenvalue weighted by Crippen LogP contribution is 2.42. The first-order valence-corrected chi connectivity index (χ1v) is 6.49. The van der Waals surface area contributed by atoms with Gasteiger partial charge < -0.3 is 0 Å². The molecule has 0 spiro atoms. The molecule has 4 rings (SSSR count). The van der Waals surface area contributed by atoms with E-state index in [1.54, 1.807) is 0 Å². The van der Waals surface area contributed by atoms with Crippen molar-refractivity contribution in [3.63, 3.8) is 0 Å². The Hall–Kier alpha value is -2.08. The van der Waals surface area contributed by atoms with E-state index in [0.29, 0.717) is 5.92 Å². The first kappa shape index (κ1) is 9.90. The largest absolute Gasteiger partial charge is 0.0760 e. The van der Waals surface area contributed by atoms with Gasteiger partial charge in [0.25, 0.3) is 0 Å². The van der Waals surface area contributed by atoms with Crippen molar-refractivity contribution in [3.8, 4) is 0 Å². The summed E-state index contributed by atoms with van der Waals surface area (Å²) in [5.74, 6) is 0.555. The van der Waals surface area contributed by atoms with E-state index in [9.17, 15) is 0 Å². The molecule has 0 heteroatoms. The van der Waals surface area contributed by atoms with Crippen LogP contribution >= 0.6 is 0 Å². The smallest absolute Gasteiger partial charge is 0.0130 e. The van der Waals surface area contributed by atoms with Crippen LogP contribution in [-0.4, -0.2) is 0 Å². The standard InChI is InChI=1S/C18H14/c1-2-5-15-12-16(9-8-13(15)4-1)18-11-10-14-6-3-7-17(14)18/h1-10,12,18H,11H2/t18-/m0/s1. The Morgan fingerprint density at radius 1 is 0.944 bits per heavy atom. The van der Waals surface area contributed by atoms with Gasteiger partial charge >= 0.3 is 0 Å². The van der Waals surface area contributed by atoms with Crippen molar-refractivity contribution in [1.82, 2.24) is 0 Å². The van der Waals surface area contributed by atoms with Crippen molar-refractivity contribution in [2.45, 2.75) is 12.3 Å². The fraction of sp³-hybridized carbons (Fsp3) is 0.111. The fourth-order valence-electron chi connectivity index (χ4n) is 3.06. The van der Waals surface area contributed by atoms with Crippen molar-refractivity contribution in [2.24, 2.45) is 0 Å². The van der Waals surface area contributed by atoms with E-state index in [2.05, 4.69) is 66.8 Å². The molecule has 0 nitrogen and oxygen atoms in total. The number of fused-ring (bicyclic) bond motifs is 2. The van der Waals surface area contributed by atoms with Crippen LogP contribution in [0.4, 0.5) is 0 Å². The molecule has 2 aromatic carbocycles. The van der Waals surface area contributed by atoms with E-state index >= 15 is 0 Å². The van der Waals surface area contributed by atoms with Gasteiger partial charge in [0.05, 0.1) is 0 Å². The zero-order valence-electron chi connectivity index (χ0n) is 10.1. The molecule has 0 N–H and O–H groups in total. The van der Waals surface area contributed by atoms with Crippen LogP contribution < -0.4 is 0 Å². The fourth-order valence-corrected chi connectivity index (χ4v) is 3.06. The predicted molar refractivity (Wildman–Crippen MR) is 76.6 cm³/mol. The molecule has 0 saturated heterocycles. The summed E-state index contributed by atoms with van der Waals surface area (Å²) in [4.78, 5) is 0. The molecule has 2 aliphatic rings. The molecule has 2 aliphatic carbocycles. The zero-order valence-corrected chi connectivity index (χ0v) is 10.1. The second-order valence-corrected chi connectivity index (χ2v) is 5.04. The lowest BCUT2D eigenvalue weighted by molar-refractivity contribution is 0.866. The lowest BCUT2D eigenvalue weighted by Gasteiger charge is -2.13. The Morgan fingerprint density at radius 3 is 2.78 bits per heavy atom. The van der Waals surface area contributed by atoms with Crippen LogP contribution in [0.2, 0.25) is 0 Å². The van der Waals surface area contributed by atoms with E-state index < -0.39 is 0 Å². The van der Waals surface area contributed by atoms with Crippen LogP contribution in [-0.2, 0) is 0 Å². The van der Waals surface area contributed by atoms with Crippen LogP contribution in [0.5, 0.6) is 0 Å². The van der Waals surface area contributed by atoms with Gasteiger partial charge in [0.15, 0.2) is 0 Å². The normalized spacial score (nSPS) is 21.0. The molecule has 0 fully saturated rings. The molecule has 2 aromatic rings. The van der Waals surface area contributed by atoms with E-state index in [0.717, 1.165) is 6.42 Å². The maximum Gasteiger partial charge on any atom is 0.0130 e. The Kier molecular flexibility index (Phi) is 2.04. The van der Waals surface area contributed by atoms with Crippen molar-refractivity contribution in [1.29, 1.82) is 0 Å². The number of benzene rings is 2. The highest BCUT2D eigenvalue weighted by molar-refractivity contribution is 5.83. The molecule has 86 valence electrons. The second kappa shape index (κ2) is 3.71. The van der Waals surface area contributed by atoms with Gasteiger partial charge in [0.2, 0.25) is 0 Å². The van der Waals surface area contributed by atoms with Gasteiger partial charge in [-0.15, -0.1) is 0 Å². The van der Waals surface area contributed by atoms with Gasteiger partial charge in [-0.25, -0.2) is 0 Å². The SMILES string of the molecule is C1=CC2=CC[C@@H](c3ccc4ccccc4c3)C2=C1. The van der Waals surface area contributed by atoms with Crippen molar-refractivity contribution < 1.29 is 0 Å². The number of rotatable bonds is 1. The van der Waals surface area contributed by atoms with Gasteiger partial charge in [-0.2, -0.15) is 0 Å². The molecule has 0 aromatic heterocycles. The first-order valence-electron chi connectivity index (χ1n) is 6.49. The van der Waals surface area contributed by atoms with Gasteiger partial charge in [0, 0.05) is 5.92 Å². The average Bonchev–Trinajstić information content (AvgIpc) is 3.00. The summed E-state index contributed by atoms with van der Waals surface area (Å²) in [6, 6.07) is 15.4. The summed E-state index contributed by atoms with van der Waals surface area (Å²) in [6.07, 6.45) is 10.1. The van der Waals surface area contributed by atoms with Crippen LogP contribution in [0.3, 0.4) is 0 Å². The summed E-state index contributed by atoms with van der Waals surface area (Å²) in [5, 5.41) is 2.67. The minimum atomic E-state index is 0.555. The summed E-state index contributed by atoms with van der Waals surface area (Å²) >= 11 is 0. The minimum absolute atomic E-state index is 0.555. The third-order valence-corrected chi connectivity index (χ3v) is 4.01. The van der Waals surface area contributed by atoms with Crippen LogP contribution in [0.15, 0.2) is 77.9 Å². The third kappa shape index (κ3) is 1.39. The minimum Gasteiger partial charge on any atom is -0.0760 e. The lowest BCUT2D eigenvalue weighted by atomic mass is 9.90. The predicted octanol–water partition coefficient (Wildman–Crippen LogP) is 4.75. The van der Waals surface area contributed by atoms with Crippen molar-refractivity contribution >= 4 is 10.8 Å². The second-order valence-electron chi connectivity index (χ2n) is 5.04. The van der Waals surface area contributed by atoms with Gasteiger partial charge in [-0.05, 0) is 33.9 Å². The Morgan fingerprint density at radius 2 is 1.83 bits per heavy atom. The van der Waals surface area contributed by atoms with Gasteiger partial charge in [0.1, 0.15) is 0 Å². The monoisotopic (exact) mass is 230 g/mol. The van der Waals surface area contributed by atoms with Crippen LogP contribution in [0.25, 0.3) is 10.8 Å². The third-order valence-electron chi connectivity index (χ3n) is 4.01. The molecule has 0 heterocycles. The quantitative estimate of drug-likeness (QED) is 0.663. The lowest BCUT2D eigenvalue weighted by Crippen LogP contribution is -1.96. The maximum absolute atomic E-state index is 2.36. The van der Waals surface area contributed by atoms with Crippen molar-refractivity contribution in [3.05, 3.63) is 83.5 Å². The molecule has 0 aliphatic heterocycles. The number of allylic oxidation sites excluding steroid dienone is 6. The van der Waals surface area contributed by atoms with Crippen LogP contribution in [0, 0.1) is 0 Å². The Labute approximate surface area is 107 Å². The summed E-state index contributed by atoms with van der Waals surface area (Å²) in [7, 11) is 0. The van der Waals surface area contributed by atoms with Gasteiger partial charge in [-0.1, -0.05) is 66.8 Å². The van der Waals surface area contributed by atoms with Crippen molar-refractivity contribution in [2.75, 3.05) is 0 Å². The topological polar surface area (TPSA) is 0 Å². The summed E-state index contributed by atoms with van der Waals surface area (Å²) in [5.41, 5.74) is 4.35. The Bertz CT molecular complexity index is 714. The molecule has 0 unspecified atom stereocenters. The van der Waals surface area contributed by atoms with E-state index in [1.165, 1.54) is 27.5 Å². The molecule has 0 radical (unpaired) electrons. The highest BCUT2D eigenvalue weighted by Gasteiger charge is 2.24. The molecule has 0 amide bonds. The van der Waals surface area contributed by atoms with E-state index in [1.807, 2.05) is 0 Å². The van der Waals surface area contributed by atoms with Gasteiger partial charge in [-0.3, -0.25) is 0 Å². The molecule has 18 heavy (non-hydrogen) atoms. The van der Waals surface area contributed by atoms with Crippen LogP contribution in [0.1, 0.15) is 17.9 Å². The summed E-state index contributed by atoms with van der Waals surface area (Å²) in [6.45, 7) is 0. The molecular formula is C18H14. The molecule has 1 atom stereocenters. The molecular weight excluding hydrogens is 216 g/mol. The highest BCUT2D eigenvalue weighted by atomic mass is 14.3. The molecule has 0 saturated carbocycles. The molecule has 0 bridgehead atoms. The van der Waals surface area contributed by atoms with E-state index in [-0.39, 0.29) is 0 Å². The number of hydrogen-bond donors (Lipinski definition) is 0. The first-order chi connectivity index (χ1) is 8.92. The summed E-state index contributed by atoms with van der Waals surface area (Å²) < 4.78 is 0. The number of hydrogen-bond acceptors (Lipinski definition) is 0. The Balaban J connectivity index is 1.80. The average molecular weight is 230 g/mol.